The second-order valence-corrected chi connectivity index (χ2v) is 7.81. The van der Waals surface area contributed by atoms with E-state index < -0.39 is 0 Å². The summed E-state index contributed by atoms with van der Waals surface area (Å²) in [7, 11) is 0. The molecule has 0 bridgehead atoms. The maximum atomic E-state index is 12.9. The van der Waals surface area contributed by atoms with Crippen molar-refractivity contribution in [2.75, 3.05) is 19.8 Å². The maximum Gasteiger partial charge on any atom is 0.246 e. The number of carbonyl (C=O) groups excluding carboxylic acids is 2. The van der Waals surface area contributed by atoms with E-state index in [0.29, 0.717) is 25.0 Å². The molecule has 5 heteroatoms. The molecule has 21 heavy (non-hydrogen) atoms. The minimum atomic E-state index is -0.374. The molecule has 1 saturated carbocycles. The molecule has 0 aromatic heterocycles. The minimum absolute atomic E-state index is 0.0120. The van der Waals surface area contributed by atoms with E-state index in [9.17, 15) is 9.59 Å². The van der Waals surface area contributed by atoms with Gasteiger partial charge in [-0.2, -0.15) is 0 Å². The van der Waals surface area contributed by atoms with Crippen LogP contribution in [0, 0.1) is 17.3 Å². The number of nitrogens with zero attached hydrogens (tertiary/aromatic N) is 1. The van der Waals surface area contributed by atoms with Gasteiger partial charge in [0, 0.05) is 19.1 Å². The Bertz CT molecular complexity index is 433. The van der Waals surface area contributed by atoms with Crippen LogP contribution in [-0.2, 0) is 14.3 Å². The Morgan fingerprint density at radius 2 is 1.95 bits per heavy atom. The Balaban J connectivity index is 1.82. The van der Waals surface area contributed by atoms with Crippen LogP contribution in [0.1, 0.15) is 40.0 Å². The van der Waals surface area contributed by atoms with Gasteiger partial charge in [0.1, 0.15) is 12.1 Å². The average Bonchev–Trinajstić information content (AvgIpc) is 3.10. The molecule has 118 valence electrons. The highest BCUT2D eigenvalue weighted by atomic mass is 16.5. The first-order valence-electron chi connectivity index (χ1n) is 8.06. The van der Waals surface area contributed by atoms with Gasteiger partial charge in [0.05, 0.1) is 6.61 Å². The Hall–Kier alpha value is -1.10. The number of rotatable bonds is 3. The number of amides is 2. The van der Waals surface area contributed by atoms with Gasteiger partial charge in [-0.25, -0.2) is 0 Å². The van der Waals surface area contributed by atoms with Gasteiger partial charge in [0.15, 0.2) is 0 Å². The van der Waals surface area contributed by atoms with Gasteiger partial charge >= 0.3 is 0 Å². The third kappa shape index (κ3) is 2.93. The summed E-state index contributed by atoms with van der Waals surface area (Å²) in [5.41, 5.74) is -0.256. The van der Waals surface area contributed by atoms with Crippen molar-refractivity contribution < 1.29 is 14.3 Å². The molecule has 0 aromatic carbocycles. The lowest BCUT2D eigenvalue weighted by Gasteiger charge is -2.45. The van der Waals surface area contributed by atoms with Crippen LogP contribution in [0.5, 0.6) is 0 Å². The monoisotopic (exact) mass is 294 g/mol. The highest BCUT2D eigenvalue weighted by molar-refractivity contribution is 5.97. The molecule has 2 saturated heterocycles. The second kappa shape index (κ2) is 5.27. The molecule has 0 spiro atoms. The molecular formula is C16H26N2O3. The van der Waals surface area contributed by atoms with E-state index in [-0.39, 0.29) is 29.3 Å². The molecule has 3 unspecified atom stereocenters. The molecule has 3 fully saturated rings. The smallest absolute Gasteiger partial charge is 0.246 e. The van der Waals surface area contributed by atoms with Gasteiger partial charge < -0.3 is 15.0 Å². The van der Waals surface area contributed by atoms with Crippen molar-refractivity contribution in [3.63, 3.8) is 0 Å². The molecule has 1 N–H and O–H groups in total. The predicted octanol–water partition coefficient (Wildman–Crippen LogP) is 1.17. The number of ether oxygens (including phenoxy) is 1. The molecule has 5 nitrogen and oxygen atoms in total. The first-order chi connectivity index (χ1) is 9.88. The van der Waals surface area contributed by atoms with Crippen LogP contribution in [-0.4, -0.2) is 48.6 Å². The molecule has 0 aromatic rings. The number of piperazine rings is 1. The number of carbonyl (C=O) groups is 2. The van der Waals surface area contributed by atoms with Gasteiger partial charge in [0.25, 0.3) is 0 Å². The van der Waals surface area contributed by atoms with Crippen molar-refractivity contribution in [1.29, 1.82) is 0 Å². The number of nitrogens with one attached hydrogen (secondary N) is 1. The van der Waals surface area contributed by atoms with Crippen LogP contribution in [0.4, 0.5) is 0 Å². The van der Waals surface area contributed by atoms with Gasteiger partial charge in [-0.1, -0.05) is 20.8 Å². The van der Waals surface area contributed by atoms with E-state index in [0.717, 1.165) is 25.9 Å². The summed E-state index contributed by atoms with van der Waals surface area (Å²) < 4.78 is 5.43. The fourth-order valence-corrected chi connectivity index (χ4v) is 3.55. The molecule has 1 aliphatic carbocycles. The SMILES string of the molecule is CC(C)(C)C1C(=O)NC(C2CC2)C(=O)N1CC1CCOC1. The molecule has 2 amide bonds. The first-order valence-corrected chi connectivity index (χ1v) is 8.06. The highest BCUT2D eigenvalue weighted by Crippen LogP contribution is 2.37. The van der Waals surface area contributed by atoms with Crippen LogP contribution >= 0.6 is 0 Å². The summed E-state index contributed by atoms with van der Waals surface area (Å²) in [6, 6.07) is -0.668. The Labute approximate surface area is 126 Å². The summed E-state index contributed by atoms with van der Waals surface area (Å²) in [6.07, 6.45) is 3.09. The Morgan fingerprint density at radius 3 is 2.48 bits per heavy atom. The molecule has 3 atom stereocenters. The summed E-state index contributed by atoms with van der Waals surface area (Å²) in [6.45, 7) is 8.21. The van der Waals surface area contributed by atoms with Crippen molar-refractivity contribution in [3.05, 3.63) is 0 Å². The minimum Gasteiger partial charge on any atom is -0.381 e. The molecule has 2 aliphatic heterocycles. The van der Waals surface area contributed by atoms with Crippen LogP contribution < -0.4 is 5.32 Å². The maximum absolute atomic E-state index is 12.9. The molecule has 2 heterocycles. The number of hydrogen-bond acceptors (Lipinski definition) is 3. The lowest BCUT2D eigenvalue weighted by atomic mass is 9.82. The average molecular weight is 294 g/mol. The van der Waals surface area contributed by atoms with E-state index >= 15 is 0 Å². The van der Waals surface area contributed by atoms with Crippen molar-refractivity contribution in [1.82, 2.24) is 10.2 Å². The predicted molar refractivity (Wildman–Crippen MR) is 78.5 cm³/mol. The van der Waals surface area contributed by atoms with Gasteiger partial charge in [-0.15, -0.1) is 0 Å². The van der Waals surface area contributed by atoms with Crippen molar-refractivity contribution >= 4 is 11.8 Å². The fourth-order valence-electron chi connectivity index (χ4n) is 3.55. The molecule has 3 rings (SSSR count). The van der Waals surface area contributed by atoms with Gasteiger partial charge in [-0.3, -0.25) is 9.59 Å². The quantitative estimate of drug-likeness (QED) is 0.850. The van der Waals surface area contributed by atoms with E-state index in [1.165, 1.54) is 0 Å². The Kier molecular flexibility index (Phi) is 3.72. The van der Waals surface area contributed by atoms with Gasteiger partial charge in [0.2, 0.25) is 11.8 Å². The zero-order valence-corrected chi connectivity index (χ0v) is 13.2. The van der Waals surface area contributed by atoms with Gasteiger partial charge in [-0.05, 0) is 30.6 Å². The van der Waals surface area contributed by atoms with Crippen molar-refractivity contribution in [3.8, 4) is 0 Å². The number of hydrogen-bond donors (Lipinski definition) is 1. The Morgan fingerprint density at radius 1 is 1.24 bits per heavy atom. The van der Waals surface area contributed by atoms with E-state index in [2.05, 4.69) is 5.32 Å². The van der Waals surface area contributed by atoms with Crippen molar-refractivity contribution in [2.45, 2.75) is 52.1 Å². The van der Waals surface area contributed by atoms with Crippen LogP contribution in [0.25, 0.3) is 0 Å². The molecule has 3 aliphatic rings. The largest absolute Gasteiger partial charge is 0.381 e. The normalized spacial score (nSPS) is 34.2. The van der Waals surface area contributed by atoms with E-state index in [4.69, 9.17) is 4.74 Å². The molecule has 0 radical (unpaired) electrons. The lowest BCUT2D eigenvalue weighted by molar-refractivity contribution is -0.155. The van der Waals surface area contributed by atoms with E-state index in [1.807, 2.05) is 25.7 Å². The zero-order chi connectivity index (χ0) is 15.2. The summed E-state index contributed by atoms with van der Waals surface area (Å²) in [5.74, 6) is 0.844. The highest BCUT2D eigenvalue weighted by Gasteiger charge is 2.50. The van der Waals surface area contributed by atoms with Crippen LogP contribution in [0.15, 0.2) is 0 Å². The topological polar surface area (TPSA) is 58.6 Å². The third-order valence-corrected chi connectivity index (χ3v) is 4.80. The summed E-state index contributed by atoms with van der Waals surface area (Å²) in [4.78, 5) is 27.3. The standard InChI is InChI=1S/C16H26N2O3/c1-16(2,3)13-14(19)17-12(11-4-5-11)15(20)18(13)8-10-6-7-21-9-10/h10-13H,4-9H2,1-3H3,(H,17,19). The fraction of sp³-hybridized carbons (Fsp3) is 0.875. The summed E-state index contributed by atoms with van der Waals surface area (Å²) in [5, 5.41) is 2.98. The first kappa shape index (κ1) is 14.8. The van der Waals surface area contributed by atoms with Crippen LogP contribution in [0.3, 0.4) is 0 Å². The molecular weight excluding hydrogens is 268 g/mol. The zero-order valence-electron chi connectivity index (χ0n) is 13.2. The van der Waals surface area contributed by atoms with Crippen LogP contribution in [0.2, 0.25) is 0 Å². The van der Waals surface area contributed by atoms with E-state index in [1.54, 1.807) is 0 Å². The second-order valence-electron chi connectivity index (χ2n) is 7.81. The third-order valence-electron chi connectivity index (χ3n) is 4.80. The van der Waals surface area contributed by atoms with Crippen molar-refractivity contribution in [2.24, 2.45) is 17.3 Å². The lowest BCUT2D eigenvalue weighted by Crippen LogP contribution is -2.67. The summed E-state index contributed by atoms with van der Waals surface area (Å²) >= 11 is 0.